The van der Waals surface area contributed by atoms with Crippen molar-refractivity contribution in [1.82, 2.24) is 9.88 Å². The smallest absolute Gasteiger partial charge is 0.305 e. The van der Waals surface area contributed by atoms with Crippen molar-refractivity contribution in [3.8, 4) is 22.8 Å². The molecule has 9 heteroatoms. The van der Waals surface area contributed by atoms with Crippen LogP contribution >= 0.6 is 0 Å². The van der Waals surface area contributed by atoms with E-state index in [-0.39, 0.29) is 11.9 Å². The molecule has 1 aliphatic heterocycles. The fourth-order valence-corrected chi connectivity index (χ4v) is 4.53. The Morgan fingerprint density at radius 3 is 2.36 bits per heavy atom. The Labute approximate surface area is 229 Å². The largest absolute Gasteiger partial charge is 0.493 e. The van der Waals surface area contributed by atoms with Gasteiger partial charge in [0.05, 0.1) is 26.5 Å². The maximum atomic E-state index is 13.3. The second-order valence-electron chi connectivity index (χ2n) is 9.14. The van der Waals surface area contributed by atoms with Crippen LogP contribution in [0.25, 0.3) is 11.3 Å². The van der Waals surface area contributed by atoms with Crippen molar-refractivity contribution >= 4 is 23.3 Å². The van der Waals surface area contributed by atoms with Gasteiger partial charge in [-0.25, -0.2) is 4.98 Å². The van der Waals surface area contributed by atoms with Gasteiger partial charge in [0.2, 0.25) is 0 Å². The minimum atomic E-state index is -0.159. The standard InChI is InChI=1S/C30H36N4O5/c1-4-39-29(35)9-6-16-31-23-11-13-24(14-12-23)33-17-19-34(20-18-33)30(36)26-8-5-7-25(32-26)22-10-15-27(37-2)28(21-22)38-3/h5,7-8,10-15,21,31H,4,6,9,16-20H2,1-3H3. The van der Waals surface area contributed by atoms with Crippen molar-refractivity contribution in [3.05, 3.63) is 66.4 Å². The zero-order valence-corrected chi connectivity index (χ0v) is 22.8. The average molecular weight is 533 g/mol. The zero-order valence-electron chi connectivity index (χ0n) is 22.8. The first kappa shape index (κ1) is 27.8. The summed E-state index contributed by atoms with van der Waals surface area (Å²) < 4.78 is 15.7. The molecular weight excluding hydrogens is 496 g/mol. The maximum absolute atomic E-state index is 13.3. The van der Waals surface area contributed by atoms with Crippen LogP contribution in [0.2, 0.25) is 0 Å². The Bertz CT molecular complexity index is 1260. The molecule has 2 aromatic carbocycles. The maximum Gasteiger partial charge on any atom is 0.305 e. The quantitative estimate of drug-likeness (QED) is 0.285. The molecule has 0 aliphatic carbocycles. The number of amides is 1. The van der Waals surface area contributed by atoms with Crippen LogP contribution in [0.15, 0.2) is 60.7 Å². The Kier molecular flexibility index (Phi) is 9.61. The van der Waals surface area contributed by atoms with Gasteiger partial charge in [0.15, 0.2) is 11.5 Å². The number of aromatic nitrogens is 1. The van der Waals surface area contributed by atoms with Crippen molar-refractivity contribution in [1.29, 1.82) is 0 Å². The summed E-state index contributed by atoms with van der Waals surface area (Å²) in [6.07, 6.45) is 1.14. The van der Waals surface area contributed by atoms with Crippen LogP contribution in [0.4, 0.5) is 11.4 Å². The van der Waals surface area contributed by atoms with Gasteiger partial charge in [-0.3, -0.25) is 9.59 Å². The Morgan fingerprint density at radius 2 is 1.67 bits per heavy atom. The number of carbonyl (C=O) groups excluding carboxylic acids is 2. The molecule has 3 aromatic rings. The van der Waals surface area contributed by atoms with Gasteiger partial charge < -0.3 is 29.3 Å². The lowest BCUT2D eigenvalue weighted by Crippen LogP contribution is -2.49. The van der Waals surface area contributed by atoms with E-state index < -0.39 is 0 Å². The normalized spacial score (nSPS) is 13.1. The highest BCUT2D eigenvalue weighted by Crippen LogP contribution is 2.31. The van der Waals surface area contributed by atoms with E-state index in [1.54, 1.807) is 20.3 Å². The second-order valence-corrected chi connectivity index (χ2v) is 9.14. The Balaban J connectivity index is 1.30. The second kappa shape index (κ2) is 13.5. The lowest BCUT2D eigenvalue weighted by molar-refractivity contribution is -0.143. The number of piperazine rings is 1. The molecule has 0 atom stereocenters. The van der Waals surface area contributed by atoms with Gasteiger partial charge in [0.25, 0.3) is 5.91 Å². The highest BCUT2D eigenvalue weighted by atomic mass is 16.5. The molecule has 39 heavy (non-hydrogen) atoms. The summed E-state index contributed by atoms with van der Waals surface area (Å²) in [5.74, 6) is 1.03. The first-order valence-electron chi connectivity index (χ1n) is 13.3. The fourth-order valence-electron chi connectivity index (χ4n) is 4.53. The molecule has 2 heterocycles. The predicted octanol–water partition coefficient (Wildman–Crippen LogP) is 4.48. The molecule has 1 fully saturated rings. The fraction of sp³-hybridized carbons (Fsp3) is 0.367. The molecular formula is C30H36N4O5. The number of ether oxygens (including phenoxy) is 3. The number of carbonyl (C=O) groups is 2. The number of nitrogens with one attached hydrogen (secondary N) is 1. The monoisotopic (exact) mass is 532 g/mol. The van der Waals surface area contributed by atoms with Crippen LogP contribution in [-0.4, -0.2) is 75.3 Å². The zero-order chi connectivity index (χ0) is 27.6. The molecule has 0 spiro atoms. The molecule has 4 rings (SSSR count). The van der Waals surface area contributed by atoms with E-state index in [0.717, 1.165) is 36.4 Å². The molecule has 1 aliphatic rings. The van der Waals surface area contributed by atoms with Crippen LogP contribution in [0.3, 0.4) is 0 Å². The number of hydrogen-bond donors (Lipinski definition) is 1. The van der Waals surface area contributed by atoms with Crippen molar-refractivity contribution in [2.45, 2.75) is 19.8 Å². The SMILES string of the molecule is CCOC(=O)CCCNc1ccc(N2CCN(C(=O)c3cccc(-c4ccc(OC)c(OC)c4)n3)CC2)cc1. The highest BCUT2D eigenvalue weighted by Gasteiger charge is 2.23. The summed E-state index contributed by atoms with van der Waals surface area (Å²) in [5.41, 5.74) is 4.11. The van der Waals surface area contributed by atoms with E-state index in [0.29, 0.717) is 55.5 Å². The van der Waals surface area contributed by atoms with Crippen LogP contribution in [0.5, 0.6) is 11.5 Å². The molecule has 0 saturated carbocycles. The van der Waals surface area contributed by atoms with E-state index in [2.05, 4.69) is 27.3 Å². The summed E-state index contributed by atoms with van der Waals surface area (Å²) in [6, 6.07) is 19.3. The van der Waals surface area contributed by atoms with Crippen LogP contribution in [-0.2, 0) is 9.53 Å². The number of nitrogens with zero attached hydrogens (tertiary/aromatic N) is 3. The molecule has 1 aromatic heterocycles. The summed E-state index contributed by atoms with van der Waals surface area (Å²) >= 11 is 0. The molecule has 1 amide bonds. The van der Waals surface area contributed by atoms with Crippen molar-refractivity contribution in [3.63, 3.8) is 0 Å². The molecule has 0 radical (unpaired) electrons. The van der Waals surface area contributed by atoms with Gasteiger partial charge in [-0.1, -0.05) is 6.07 Å². The number of pyridine rings is 1. The van der Waals surface area contributed by atoms with Crippen molar-refractivity contribution < 1.29 is 23.8 Å². The van der Waals surface area contributed by atoms with Gasteiger partial charge in [0.1, 0.15) is 5.69 Å². The number of methoxy groups -OCH3 is 2. The van der Waals surface area contributed by atoms with Crippen molar-refractivity contribution in [2.75, 3.05) is 63.8 Å². The minimum absolute atomic E-state index is 0.0701. The van der Waals surface area contributed by atoms with E-state index in [4.69, 9.17) is 14.2 Å². The Morgan fingerprint density at radius 1 is 0.923 bits per heavy atom. The van der Waals surface area contributed by atoms with Crippen LogP contribution < -0.4 is 19.7 Å². The Hall–Kier alpha value is -4.27. The molecule has 1 N–H and O–H groups in total. The summed E-state index contributed by atoms with van der Waals surface area (Å²) in [5, 5.41) is 3.34. The topological polar surface area (TPSA) is 93.2 Å². The van der Waals surface area contributed by atoms with Gasteiger partial charge in [0, 0.05) is 56.1 Å². The van der Waals surface area contributed by atoms with Crippen molar-refractivity contribution in [2.24, 2.45) is 0 Å². The summed E-state index contributed by atoms with van der Waals surface area (Å²) in [6.45, 7) is 5.67. The molecule has 206 valence electrons. The van der Waals surface area contributed by atoms with Gasteiger partial charge in [-0.05, 0) is 67.9 Å². The van der Waals surface area contributed by atoms with Gasteiger partial charge >= 0.3 is 5.97 Å². The minimum Gasteiger partial charge on any atom is -0.493 e. The van der Waals surface area contributed by atoms with Gasteiger partial charge in [-0.15, -0.1) is 0 Å². The summed E-state index contributed by atoms with van der Waals surface area (Å²) in [7, 11) is 3.19. The van der Waals surface area contributed by atoms with E-state index in [1.807, 2.05) is 54.3 Å². The molecule has 0 bridgehead atoms. The third-order valence-corrected chi connectivity index (χ3v) is 6.64. The first-order valence-corrected chi connectivity index (χ1v) is 13.3. The van der Waals surface area contributed by atoms with Crippen LogP contribution in [0, 0.1) is 0 Å². The lowest BCUT2D eigenvalue weighted by atomic mass is 10.1. The number of anilines is 2. The van der Waals surface area contributed by atoms with E-state index in [1.165, 1.54) is 0 Å². The van der Waals surface area contributed by atoms with Gasteiger partial charge in [-0.2, -0.15) is 0 Å². The first-order chi connectivity index (χ1) is 19.0. The summed E-state index contributed by atoms with van der Waals surface area (Å²) in [4.78, 5) is 33.5. The molecule has 1 saturated heterocycles. The third kappa shape index (κ3) is 7.19. The molecule has 0 unspecified atom stereocenters. The predicted molar refractivity (Wildman–Crippen MR) is 152 cm³/mol. The number of esters is 1. The number of benzene rings is 2. The average Bonchev–Trinajstić information content (AvgIpc) is 2.99. The molecule has 9 nitrogen and oxygen atoms in total. The highest BCUT2D eigenvalue weighted by molar-refractivity contribution is 5.93. The van der Waals surface area contributed by atoms with E-state index in [9.17, 15) is 9.59 Å². The lowest BCUT2D eigenvalue weighted by Gasteiger charge is -2.36. The van der Waals surface area contributed by atoms with Crippen LogP contribution in [0.1, 0.15) is 30.3 Å². The number of rotatable bonds is 11. The van der Waals surface area contributed by atoms with E-state index >= 15 is 0 Å². The third-order valence-electron chi connectivity index (χ3n) is 6.64. The number of hydrogen-bond acceptors (Lipinski definition) is 8.